The quantitative estimate of drug-likeness (QED) is 0.902. The molecule has 1 atom stereocenters. The van der Waals surface area contributed by atoms with Crippen molar-refractivity contribution >= 4 is 15.5 Å². The zero-order valence-corrected chi connectivity index (χ0v) is 12.6. The molecule has 0 aliphatic heterocycles. The van der Waals surface area contributed by atoms with Crippen molar-refractivity contribution in [1.82, 2.24) is 14.5 Å². The van der Waals surface area contributed by atoms with Crippen molar-refractivity contribution in [2.75, 3.05) is 17.3 Å². The van der Waals surface area contributed by atoms with Crippen LogP contribution in [-0.4, -0.2) is 41.0 Å². The summed E-state index contributed by atoms with van der Waals surface area (Å²) in [6, 6.07) is 3.58. The molecular formula is C13H18N4O2S. The molecule has 0 radical (unpaired) electrons. The van der Waals surface area contributed by atoms with Gasteiger partial charge in [0, 0.05) is 24.7 Å². The highest BCUT2D eigenvalue weighted by atomic mass is 32.2. The average Bonchev–Trinajstić information content (AvgIpc) is 2.74. The first-order chi connectivity index (χ1) is 9.35. The largest absolute Gasteiger partial charge is 0.380 e. The molecule has 1 N–H and O–H groups in total. The number of hydrogen-bond acceptors (Lipinski definition) is 5. The Morgan fingerprint density at radius 3 is 2.60 bits per heavy atom. The highest BCUT2D eigenvalue weighted by Gasteiger charge is 2.10. The van der Waals surface area contributed by atoms with E-state index in [1.54, 1.807) is 12.4 Å². The number of aryl methyl sites for hydroxylation is 1. The summed E-state index contributed by atoms with van der Waals surface area (Å²) in [6.07, 6.45) is 6.48. The van der Waals surface area contributed by atoms with E-state index in [9.17, 15) is 8.42 Å². The monoisotopic (exact) mass is 294 g/mol. The number of nitrogens with one attached hydrogen (secondary N) is 1. The highest BCUT2D eigenvalue weighted by molar-refractivity contribution is 7.90. The van der Waals surface area contributed by atoms with Crippen molar-refractivity contribution < 1.29 is 8.42 Å². The Morgan fingerprint density at radius 2 is 2.10 bits per heavy atom. The van der Waals surface area contributed by atoms with Crippen molar-refractivity contribution in [2.24, 2.45) is 0 Å². The molecule has 0 fully saturated rings. The molecular weight excluding hydrogens is 276 g/mol. The number of nitrogens with zero attached hydrogens (tertiary/aromatic N) is 3. The zero-order valence-electron chi connectivity index (χ0n) is 11.7. The van der Waals surface area contributed by atoms with E-state index in [0.29, 0.717) is 0 Å². The topological polar surface area (TPSA) is 76.9 Å². The van der Waals surface area contributed by atoms with Gasteiger partial charge in [-0.25, -0.2) is 18.4 Å². The van der Waals surface area contributed by atoms with Gasteiger partial charge in [-0.15, -0.1) is 0 Å². The van der Waals surface area contributed by atoms with Gasteiger partial charge < -0.3 is 5.32 Å². The normalized spacial score (nSPS) is 13.2. The Labute approximate surface area is 118 Å². The zero-order chi connectivity index (χ0) is 14.8. The molecule has 0 bridgehead atoms. The van der Waals surface area contributed by atoms with Crippen LogP contribution in [0.15, 0.2) is 30.7 Å². The van der Waals surface area contributed by atoms with Gasteiger partial charge in [-0.2, -0.15) is 0 Å². The van der Waals surface area contributed by atoms with Crippen molar-refractivity contribution in [3.63, 3.8) is 0 Å². The van der Waals surface area contributed by atoms with Crippen molar-refractivity contribution in [3.8, 4) is 5.82 Å². The smallest absolute Gasteiger partial charge is 0.149 e. The lowest BCUT2D eigenvalue weighted by molar-refractivity contribution is 0.598. The molecule has 2 aromatic rings. The third-order valence-corrected chi connectivity index (χ3v) is 3.89. The fourth-order valence-corrected chi connectivity index (χ4v) is 3.01. The van der Waals surface area contributed by atoms with E-state index in [1.807, 2.05) is 36.7 Å². The Morgan fingerprint density at radius 1 is 1.35 bits per heavy atom. The van der Waals surface area contributed by atoms with E-state index in [-0.39, 0.29) is 11.8 Å². The Kier molecular flexibility index (Phi) is 4.08. The van der Waals surface area contributed by atoms with Gasteiger partial charge in [0.15, 0.2) is 0 Å². The van der Waals surface area contributed by atoms with Gasteiger partial charge in [0.05, 0.1) is 17.6 Å². The molecule has 6 nitrogen and oxygen atoms in total. The third-order valence-electron chi connectivity index (χ3n) is 2.79. The molecule has 0 spiro atoms. The van der Waals surface area contributed by atoms with Gasteiger partial charge in [-0.05, 0) is 26.0 Å². The van der Waals surface area contributed by atoms with Crippen LogP contribution in [0.5, 0.6) is 0 Å². The maximum atomic E-state index is 11.2. The predicted octanol–water partition coefficient (Wildman–Crippen LogP) is 1.42. The Hall–Kier alpha value is -1.89. The van der Waals surface area contributed by atoms with Crippen molar-refractivity contribution in [2.45, 2.75) is 19.9 Å². The van der Waals surface area contributed by atoms with Gasteiger partial charge in [0.25, 0.3) is 0 Å². The standard InChI is InChI=1S/C13H18N4O2S/c1-10(9-20(3,18)19)16-12-4-5-13(15-8-12)17-7-6-14-11(17)2/h4-8,10,16H,9H2,1-3H3. The second-order valence-corrected chi connectivity index (χ2v) is 7.07. The fraction of sp³-hybridized carbons (Fsp3) is 0.385. The van der Waals surface area contributed by atoms with Crippen LogP contribution in [-0.2, 0) is 9.84 Å². The van der Waals surface area contributed by atoms with Crippen LogP contribution in [0.2, 0.25) is 0 Å². The van der Waals surface area contributed by atoms with E-state index in [0.717, 1.165) is 17.3 Å². The van der Waals surface area contributed by atoms with Gasteiger partial charge in [-0.1, -0.05) is 0 Å². The number of pyridine rings is 1. The van der Waals surface area contributed by atoms with Crippen molar-refractivity contribution in [1.29, 1.82) is 0 Å². The minimum Gasteiger partial charge on any atom is -0.380 e. The second kappa shape index (κ2) is 5.62. The minimum absolute atomic E-state index is 0.0926. The molecule has 0 aliphatic rings. The Bertz CT molecular complexity index is 677. The first kappa shape index (κ1) is 14.5. The van der Waals surface area contributed by atoms with E-state index in [2.05, 4.69) is 15.3 Å². The Balaban J connectivity index is 2.07. The van der Waals surface area contributed by atoms with Crippen LogP contribution < -0.4 is 5.32 Å². The van der Waals surface area contributed by atoms with E-state index >= 15 is 0 Å². The van der Waals surface area contributed by atoms with Crippen molar-refractivity contribution in [3.05, 3.63) is 36.5 Å². The maximum absolute atomic E-state index is 11.2. The average molecular weight is 294 g/mol. The van der Waals surface area contributed by atoms with Crippen LogP contribution in [0.1, 0.15) is 12.7 Å². The summed E-state index contributed by atoms with van der Waals surface area (Å²) in [5, 5.41) is 3.12. The number of hydrogen-bond donors (Lipinski definition) is 1. The first-order valence-electron chi connectivity index (χ1n) is 6.26. The number of aromatic nitrogens is 3. The number of sulfone groups is 1. The molecule has 2 aromatic heterocycles. The lowest BCUT2D eigenvalue weighted by Crippen LogP contribution is -2.25. The number of rotatable bonds is 5. The lowest BCUT2D eigenvalue weighted by Gasteiger charge is -2.14. The predicted molar refractivity (Wildman–Crippen MR) is 78.9 cm³/mol. The van der Waals surface area contributed by atoms with Gasteiger partial charge in [-0.3, -0.25) is 4.57 Å². The third kappa shape index (κ3) is 3.80. The minimum atomic E-state index is -2.99. The van der Waals surface area contributed by atoms with Gasteiger partial charge >= 0.3 is 0 Å². The molecule has 0 saturated heterocycles. The maximum Gasteiger partial charge on any atom is 0.149 e. The van der Waals surface area contributed by atoms with E-state index < -0.39 is 9.84 Å². The second-order valence-electron chi connectivity index (χ2n) is 4.89. The summed E-state index contributed by atoms with van der Waals surface area (Å²) in [7, 11) is -2.99. The molecule has 0 aromatic carbocycles. The first-order valence-corrected chi connectivity index (χ1v) is 8.32. The summed E-state index contributed by atoms with van der Waals surface area (Å²) < 4.78 is 24.3. The molecule has 2 heterocycles. The molecule has 0 aliphatic carbocycles. The number of anilines is 1. The fourth-order valence-electron chi connectivity index (χ4n) is 2.01. The van der Waals surface area contributed by atoms with Crippen LogP contribution in [0, 0.1) is 6.92 Å². The van der Waals surface area contributed by atoms with E-state index in [1.165, 1.54) is 6.26 Å². The summed E-state index contributed by atoms with van der Waals surface area (Å²) in [5.74, 6) is 1.74. The number of imidazole rings is 1. The summed E-state index contributed by atoms with van der Waals surface area (Å²) in [6.45, 7) is 3.73. The van der Waals surface area contributed by atoms with Gasteiger partial charge in [0.1, 0.15) is 21.5 Å². The summed E-state index contributed by atoms with van der Waals surface area (Å²) >= 11 is 0. The van der Waals surface area contributed by atoms with Crippen LogP contribution in [0.25, 0.3) is 5.82 Å². The molecule has 2 rings (SSSR count). The molecule has 0 saturated carbocycles. The van der Waals surface area contributed by atoms with Crippen LogP contribution in [0.3, 0.4) is 0 Å². The van der Waals surface area contributed by atoms with Crippen LogP contribution >= 0.6 is 0 Å². The SMILES string of the molecule is Cc1nccn1-c1ccc(NC(C)CS(C)(=O)=O)cn1. The van der Waals surface area contributed by atoms with Gasteiger partial charge in [0.2, 0.25) is 0 Å². The van der Waals surface area contributed by atoms with E-state index in [4.69, 9.17) is 0 Å². The summed E-state index contributed by atoms with van der Waals surface area (Å²) in [4.78, 5) is 8.49. The lowest BCUT2D eigenvalue weighted by atomic mass is 10.3. The highest BCUT2D eigenvalue weighted by Crippen LogP contribution is 2.12. The summed E-state index contributed by atoms with van der Waals surface area (Å²) in [5.41, 5.74) is 0.794. The molecule has 0 amide bonds. The molecule has 7 heteroatoms. The molecule has 1 unspecified atom stereocenters. The molecule has 108 valence electrons. The van der Waals surface area contributed by atoms with Crippen LogP contribution in [0.4, 0.5) is 5.69 Å². The molecule has 20 heavy (non-hydrogen) atoms.